The predicted molar refractivity (Wildman–Crippen MR) is 85.1 cm³/mol. The minimum absolute atomic E-state index is 0.0828. The van der Waals surface area contributed by atoms with Crippen LogP contribution in [0.15, 0.2) is 36.5 Å². The van der Waals surface area contributed by atoms with Crippen molar-refractivity contribution in [2.45, 2.75) is 19.4 Å². The van der Waals surface area contributed by atoms with Gasteiger partial charge in [-0.05, 0) is 48.7 Å². The molecule has 3 rings (SSSR count). The molecule has 1 amide bonds. The van der Waals surface area contributed by atoms with Crippen LogP contribution in [0.25, 0.3) is 0 Å². The topological polar surface area (TPSA) is 59.5 Å². The minimum Gasteiger partial charge on any atom is -0.464 e. The number of fused-ring (bicyclic) bond motifs is 1. The van der Waals surface area contributed by atoms with Crippen LogP contribution in [0.2, 0.25) is 0 Å². The molecule has 0 bridgehead atoms. The van der Waals surface area contributed by atoms with Crippen LogP contribution >= 0.6 is 0 Å². The SMILES string of the molecule is COC(=O)c1cc(C(=O)N2CCc3ccc(F)cc3[C@H]2C)ccn1. The molecule has 1 aromatic carbocycles. The van der Waals surface area contributed by atoms with Crippen molar-refractivity contribution in [3.63, 3.8) is 0 Å². The van der Waals surface area contributed by atoms with Gasteiger partial charge in [-0.1, -0.05) is 6.07 Å². The number of nitrogens with zero attached hydrogens (tertiary/aromatic N) is 2. The van der Waals surface area contributed by atoms with Crippen LogP contribution in [0, 0.1) is 5.82 Å². The van der Waals surface area contributed by atoms with Gasteiger partial charge in [0.05, 0.1) is 13.2 Å². The first-order valence-corrected chi connectivity index (χ1v) is 7.65. The Morgan fingerprint density at radius 3 is 2.83 bits per heavy atom. The third-order valence-corrected chi connectivity index (χ3v) is 4.31. The molecular formula is C18H17FN2O3. The number of pyridine rings is 1. The molecule has 0 aliphatic carbocycles. The Kier molecular flexibility index (Phi) is 4.29. The number of esters is 1. The van der Waals surface area contributed by atoms with Crippen molar-refractivity contribution >= 4 is 11.9 Å². The smallest absolute Gasteiger partial charge is 0.356 e. The van der Waals surface area contributed by atoms with Gasteiger partial charge in [0.15, 0.2) is 0 Å². The summed E-state index contributed by atoms with van der Waals surface area (Å²) in [6.45, 7) is 2.41. The Morgan fingerprint density at radius 2 is 2.08 bits per heavy atom. The molecule has 0 fully saturated rings. The summed E-state index contributed by atoms with van der Waals surface area (Å²) < 4.78 is 18.2. The Labute approximate surface area is 139 Å². The van der Waals surface area contributed by atoms with Gasteiger partial charge in [-0.15, -0.1) is 0 Å². The second kappa shape index (κ2) is 6.39. The molecule has 1 aliphatic heterocycles. The van der Waals surface area contributed by atoms with Crippen LogP contribution in [0.4, 0.5) is 4.39 Å². The van der Waals surface area contributed by atoms with E-state index in [1.807, 2.05) is 6.92 Å². The van der Waals surface area contributed by atoms with E-state index in [2.05, 4.69) is 9.72 Å². The number of carbonyl (C=O) groups excluding carboxylic acids is 2. The molecule has 1 atom stereocenters. The number of aromatic nitrogens is 1. The van der Waals surface area contributed by atoms with E-state index in [0.29, 0.717) is 18.5 Å². The highest BCUT2D eigenvalue weighted by atomic mass is 19.1. The van der Waals surface area contributed by atoms with E-state index in [0.717, 1.165) is 11.1 Å². The number of rotatable bonds is 2. The first-order valence-electron chi connectivity index (χ1n) is 7.65. The fourth-order valence-corrected chi connectivity index (χ4v) is 3.01. The van der Waals surface area contributed by atoms with E-state index in [1.54, 1.807) is 17.0 Å². The zero-order valence-corrected chi connectivity index (χ0v) is 13.5. The van der Waals surface area contributed by atoms with E-state index < -0.39 is 5.97 Å². The van der Waals surface area contributed by atoms with Crippen LogP contribution in [0.1, 0.15) is 44.9 Å². The van der Waals surface area contributed by atoms with Crippen LogP contribution in [-0.2, 0) is 11.2 Å². The Morgan fingerprint density at radius 1 is 1.29 bits per heavy atom. The van der Waals surface area contributed by atoms with E-state index in [4.69, 9.17) is 0 Å². The van der Waals surface area contributed by atoms with Crippen molar-refractivity contribution in [2.24, 2.45) is 0 Å². The fourth-order valence-electron chi connectivity index (χ4n) is 3.01. The summed E-state index contributed by atoms with van der Waals surface area (Å²) >= 11 is 0. The molecule has 0 spiro atoms. The average molecular weight is 328 g/mol. The lowest BCUT2D eigenvalue weighted by molar-refractivity contribution is 0.0594. The van der Waals surface area contributed by atoms with E-state index in [1.165, 1.54) is 31.5 Å². The number of halogens is 1. The summed E-state index contributed by atoms with van der Waals surface area (Å²) in [6.07, 6.45) is 2.07. The lowest BCUT2D eigenvalue weighted by atomic mass is 9.93. The van der Waals surface area contributed by atoms with Crippen molar-refractivity contribution in [2.75, 3.05) is 13.7 Å². The molecule has 2 aromatic rings. The molecule has 24 heavy (non-hydrogen) atoms. The summed E-state index contributed by atoms with van der Waals surface area (Å²) in [7, 11) is 1.26. The summed E-state index contributed by atoms with van der Waals surface area (Å²) in [5, 5.41) is 0. The lowest BCUT2D eigenvalue weighted by Gasteiger charge is -2.35. The molecule has 1 aromatic heterocycles. The number of methoxy groups -OCH3 is 1. The first-order chi connectivity index (χ1) is 11.5. The molecule has 0 radical (unpaired) electrons. The van der Waals surface area contributed by atoms with Crippen molar-refractivity contribution in [1.29, 1.82) is 0 Å². The van der Waals surface area contributed by atoms with Gasteiger partial charge in [0, 0.05) is 18.3 Å². The van der Waals surface area contributed by atoms with Gasteiger partial charge < -0.3 is 9.64 Å². The van der Waals surface area contributed by atoms with Crippen LogP contribution in [-0.4, -0.2) is 35.4 Å². The quantitative estimate of drug-likeness (QED) is 0.796. The van der Waals surface area contributed by atoms with Crippen LogP contribution in [0.5, 0.6) is 0 Å². The Bertz CT molecular complexity index is 807. The summed E-state index contributed by atoms with van der Waals surface area (Å²) in [6, 6.07) is 7.42. The molecule has 0 N–H and O–H groups in total. The molecule has 2 heterocycles. The van der Waals surface area contributed by atoms with Crippen LogP contribution in [0.3, 0.4) is 0 Å². The highest BCUT2D eigenvalue weighted by Gasteiger charge is 2.29. The van der Waals surface area contributed by atoms with Gasteiger partial charge in [-0.2, -0.15) is 0 Å². The predicted octanol–water partition coefficient (Wildman–Crippen LogP) is 2.77. The molecule has 6 heteroatoms. The van der Waals surface area contributed by atoms with Crippen molar-refractivity contribution in [3.8, 4) is 0 Å². The van der Waals surface area contributed by atoms with Gasteiger partial charge in [0.2, 0.25) is 0 Å². The normalized spacial score (nSPS) is 16.5. The average Bonchev–Trinajstić information content (AvgIpc) is 2.61. The maximum absolute atomic E-state index is 13.5. The lowest BCUT2D eigenvalue weighted by Crippen LogP contribution is -2.39. The first kappa shape index (κ1) is 16.1. The van der Waals surface area contributed by atoms with Crippen LogP contribution < -0.4 is 0 Å². The van der Waals surface area contributed by atoms with Crippen molar-refractivity contribution < 1.29 is 18.7 Å². The second-order valence-electron chi connectivity index (χ2n) is 5.69. The maximum atomic E-state index is 13.5. The van der Waals surface area contributed by atoms with Gasteiger partial charge >= 0.3 is 5.97 Å². The molecule has 0 saturated heterocycles. The molecule has 5 nitrogen and oxygen atoms in total. The molecule has 1 aliphatic rings. The fraction of sp³-hybridized carbons (Fsp3) is 0.278. The minimum atomic E-state index is -0.594. The van der Waals surface area contributed by atoms with E-state index in [9.17, 15) is 14.0 Å². The number of hydrogen-bond donors (Lipinski definition) is 0. The third kappa shape index (κ3) is 2.87. The van der Waals surface area contributed by atoms with Gasteiger partial charge in [-0.25, -0.2) is 14.2 Å². The number of ether oxygens (including phenoxy) is 1. The number of benzene rings is 1. The largest absolute Gasteiger partial charge is 0.464 e. The Balaban J connectivity index is 1.90. The summed E-state index contributed by atoms with van der Waals surface area (Å²) in [4.78, 5) is 30.0. The zero-order valence-electron chi connectivity index (χ0n) is 13.5. The summed E-state index contributed by atoms with van der Waals surface area (Å²) in [5.74, 6) is -1.12. The van der Waals surface area contributed by atoms with Crippen molar-refractivity contribution in [3.05, 3.63) is 64.7 Å². The number of carbonyl (C=O) groups is 2. The zero-order chi connectivity index (χ0) is 17.3. The third-order valence-electron chi connectivity index (χ3n) is 4.31. The van der Waals surface area contributed by atoms with Gasteiger partial charge in [-0.3, -0.25) is 4.79 Å². The Hall–Kier alpha value is -2.76. The highest BCUT2D eigenvalue weighted by Crippen LogP contribution is 2.31. The summed E-state index contributed by atoms with van der Waals surface area (Å²) in [5.41, 5.74) is 2.31. The van der Waals surface area contributed by atoms with Gasteiger partial charge in [0.25, 0.3) is 5.91 Å². The highest BCUT2D eigenvalue weighted by molar-refractivity contribution is 5.97. The molecular weight excluding hydrogens is 311 g/mol. The standard InChI is InChI=1S/C18H17FN2O3/c1-11-15-10-14(19)4-3-12(15)6-8-21(11)17(22)13-5-7-20-16(9-13)18(23)24-2/h3-5,7,9-11H,6,8H2,1-2H3/t11-/m1/s1. The number of amides is 1. The molecule has 124 valence electrons. The van der Waals surface area contributed by atoms with E-state index in [-0.39, 0.29) is 23.5 Å². The maximum Gasteiger partial charge on any atom is 0.356 e. The van der Waals surface area contributed by atoms with Gasteiger partial charge in [0.1, 0.15) is 11.5 Å². The second-order valence-corrected chi connectivity index (χ2v) is 5.69. The van der Waals surface area contributed by atoms with Crippen molar-refractivity contribution in [1.82, 2.24) is 9.88 Å². The monoisotopic (exact) mass is 328 g/mol. The van der Waals surface area contributed by atoms with E-state index >= 15 is 0 Å². The molecule has 0 saturated carbocycles. The number of hydrogen-bond acceptors (Lipinski definition) is 4. The molecule has 0 unspecified atom stereocenters.